The number of benzene rings is 1. The maximum atomic E-state index is 10.7. The fourth-order valence-corrected chi connectivity index (χ4v) is 2.85. The topological polar surface area (TPSA) is 79.0 Å². The largest absolute Gasteiger partial charge is 0.381 e. The molecule has 0 aromatic heterocycles. The summed E-state index contributed by atoms with van der Waals surface area (Å²) in [6.45, 7) is 4.47. The molecule has 106 valence electrons. The Hall–Kier alpha value is -2.09. The van der Waals surface area contributed by atoms with Gasteiger partial charge in [-0.15, -0.1) is 0 Å². The van der Waals surface area contributed by atoms with Gasteiger partial charge in [-0.25, -0.2) is 0 Å². The van der Waals surface area contributed by atoms with Crippen molar-refractivity contribution in [2.45, 2.75) is 39.2 Å². The second kappa shape index (κ2) is 5.91. The molecule has 0 radical (unpaired) electrons. The second-order valence-corrected chi connectivity index (χ2v) is 5.62. The van der Waals surface area contributed by atoms with Gasteiger partial charge in [-0.1, -0.05) is 26.7 Å². The van der Waals surface area contributed by atoms with Gasteiger partial charge >= 0.3 is 0 Å². The summed E-state index contributed by atoms with van der Waals surface area (Å²) in [7, 11) is 0. The Morgan fingerprint density at radius 1 is 1.40 bits per heavy atom. The molecule has 1 N–H and O–H groups in total. The molecule has 0 heterocycles. The highest BCUT2D eigenvalue weighted by Gasteiger charge is 2.27. The van der Waals surface area contributed by atoms with Crippen LogP contribution in [-0.4, -0.2) is 11.0 Å². The van der Waals surface area contributed by atoms with E-state index in [0.29, 0.717) is 29.1 Å². The molecule has 1 fully saturated rings. The quantitative estimate of drug-likeness (QED) is 0.672. The van der Waals surface area contributed by atoms with E-state index in [-0.39, 0.29) is 5.69 Å². The van der Waals surface area contributed by atoms with E-state index in [1.807, 2.05) is 6.07 Å². The molecule has 1 aliphatic carbocycles. The third-order valence-electron chi connectivity index (χ3n) is 4.38. The van der Waals surface area contributed by atoms with Crippen LogP contribution >= 0.6 is 0 Å². The van der Waals surface area contributed by atoms with Crippen LogP contribution < -0.4 is 5.32 Å². The van der Waals surface area contributed by atoms with Crippen molar-refractivity contribution >= 4 is 11.4 Å². The first-order valence-electron chi connectivity index (χ1n) is 6.98. The zero-order valence-electron chi connectivity index (χ0n) is 11.8. The predicted molar refractivity (Wildman–Crippen MR) is 77.4 cm³/mol. The van der Waals surface area contributed by atoms with Crippen LogP contribution in [0.4, 0.5) is 11.4 Å². The van der Waals surface area contributed by atoms with Gasteiger partial charge in [0.05, 0.1) is 16.2 Å². The van der Waals surface area contributed by atoms with Crippen molar-refractivity contribution in [3.8, 4) is 6.07 Å². The Labute approximate surface area is 118 Å². The van der Waals surface area contributed by atoms with Crippen LogP contribution in [-0.2, 0) is 0 Å². The molecule has 2 rings (SSSR count). The van der Waals surface area contributed by atoms with E-state index >= 15 is 0 Å². The highest BCUT2D eigenvalue weighted by atomic mass is 16.6. The first-order chi connectivity index (χ1) is 9.52. The van der Waals surface area contributed by atoms with Gasteiger partial charge in [0.25, 0.3) is 5.69 Å². The number of anilines is 1. The summed E-state index contributed by atoms with van der Waals surface area (Å²) in [6, 6.07) is 6.78. The van der Waals surface area contributed by atoms with E-state index < -0.39 is 4.92 Å². The van der Waals surface area contributed by atoms with E-state index in [1.54, 1.807) is 6.07 Å². The number of hydrogen-bond donors (Lipinski definition) is 1. The molecule has 1 aromatic carbocycles. The van der Waals surface area contributed by atoms with E-state index in [2.05, 4.69) is 19.2 Å². The SMILES string of the molecule is C[C@H]1[C@@H](Nc2ccc([N+](=O)[O-])cc2C#N)CCC[C@@H]1C. The lowest BCUT2D eigenvalue weighted by atomic mass is 9.78. The lowest BCUT2D eigenvalue weighted by Crippen LogP contribution is -2.35. The summed E-state index contributed by atoms with van der Waals surface area (Å²) < 4.78 is 0. The second-order valence-electron chi connectivity index (χ2n) is 5.62. The van der Waals surface area contributed by atoms with E-state index in [0.717, 1.165) is 6.42 Å². The van der Waals surface area contributed by atoms with E-state index in [9.17, 15) is 10.1 Å². The van der Waals surface area contributed by atoms with Crippen molar-refractivity contribution in [2.75, 3.05) is 5.32 Å². The minimum atomic E-state index is -0.476. The number of nitrogens with one attached hydrogen (secondary N) is 1. The van der Waals surface area contributed by atoms with Crippen LogP contribution in [0.1, 0.15) is 38.7 Å². The lowest BCUT2D eigenvalue weighted by Gasteiger charge is -2.35. The third kappa shape index (κ3) is 2.90. The molecule has 0 spiro atoms. The minimum Gasteiger partial charge on any atom is -0.381 e. The monoisotopic (exact) mass is 273 g/mol. The molecule has 0 unspecified atom stereocenters. The number of nitriles is 1. The molecule has 1 aromatic rings. The third-order valence-corrected chi connectivity index (χ3v) is 4.38. The lowest BCUT2D eigenvalue weighted by molar-refractivity contribution is -0.384. The summed E-state index contributed by atoms with van der Waals surface area (Å²) in [5, 5.41) is 23.3. The van der Waals surface area contributed by atoms with Gasteiger partial charge in [0, 0.05) is 18.2 Å². The molecule has 0 saturated heterocycles. The molecule has 0 aliphatic heterocycles. The fourth-order valence-electron chi connectivity index (χ4n) is 2.85. The Kier molecular flexibility index (Phi) is 4.23. The van der Waals surface area contributed by atoms with Gasteiger partial charge in [-0.2, -0.15) is 5.26 Å². The summed E-state index contributed by atoms with van der Waals surface area (Å²) in [6.07, 6.45) is 3.50. The van der Waals surface area contributed by atoms with Crippen LogP contribution in [0, 0.1) is 33.3 Å². The van der Waals surface area contributed by atoms with Gasteiger partial charge in [0.15, 0.2) is 0 Å². The zero-order valence-corrected chi connectivity index (χ0v) is 11.8. The standard InChI is InChI=1S/C15H19N3O2/c1-10-4-3-5-14(11(10)2)17-15-7-6-13(18(19)20)8-12(15)9-16/h6-8,10-11,14,17H,3-5H2,1-2H3/t10-,11+,14-/m0/s1. The summed E-state index contributed by atoms with van der Waals surface area (Å²) in [4.78, 5) is 10.3. The number of hydrogen-bond acceptors (Lipinski definition) is 4. The van der Waals surface area contributed by atoms with Crippen molar-refractivity contribution in [1.29, 1.82) is 5.26 Å². The van der Waals surface area contributed by atoms with Gasteiger partial charge < -0.3 is 5.32 Å². The summed E-state index contributed by atoms with van der Waals surface area (Å²) in [5.41, 5.74) is 0.992. The number of nitrogens with zero attached hydrogens (tertiary/aromatic N) is 2. The summed E-state index contributed by atoms with van der Waals surface area (Å²) >= 11 is 0. The van der Waals surface area contributed by atoms with Crippen molar-refractivity contribution in [1.82, 2.24) is 0 Å². The Balaban J connectivity index is 2.21. The first-order valence-corrected chi connectivity index (χ1v) is 6.98. The maximum absolute atomic E-state index is 10.7. The Morgan fingerprint density at radius 3 is 2.80 bits per heavy atom. The first kappa shape index (κ1) is 14.3. The smallest absolute Gasteiger partial charge is 0.270 e. The van der Waals surface area contributed by atoms with Crippen molar-refractivity contribution < 1.29 is 4.92 Å². The fraction of sp³-hybridized carbons (Fsp3) is 0.533. The van der Waals surface area contributed by atoms with Crippen LogP contribution in [0.15, 0.2) is 18.2 Å². The average Bonchev–Trinajstić information content (AvgIpc) is 2.44. The van der Waals surface area contributed by atoms with Gasteiger partial charge in [0.2, 0.25) is 0 Å². The number of nitro groups is 1. The number of rotatable bonds is 3. The van der Waals surface area contributed by atoms with Gasteiger partial charge in [0.1, 0.15) is 6.07 Å². The van der Waals surface area contributed by atoms with Crippen molar-refractivity contribution in [2.24, 2.45) is 11.8 Å². The highest BCUT2D eigenvalue weighted by molar-refractivity contribution is 5.61. The van der Waals surface area contributed by atoms with E-state index in [4.69, 9.17) is 5.26 Å². The molecular formula is C15H19N3O2. The summed E-state index contributed by atoms with van der Waals surface area (Å²) in [5.74, 6) is 1.19. The maximum Gasteiger partial charge on any atom is 0.270 e. The molecule has 5 nitrogen and oxygen atoms in total. The molecule has 20 heavy (non-hydrogen) atoms. The molecule has 0 amide bonds. The molecule has 1 saturated carbocycles. The van der Waals surface area contributed by atoms with Crippen LogP contribution in [0.2, 0.25) is 0 Å². The Morgan fingerprint density at radius 2 is 2.15 bits per heavy atom. The minimum absolute atomic E-state index is 0.0443. The molecule has 3 atom stereocenters. The number of non-ortho nitro benzene ring substituents is 1. The number of nitro benzene ring substituents is 1. The zero-order chi connectivity index (χ0) is 14.7. The average molecular weight is 273 g/mol. The van der Waals surface area contributed by atoms with Gasteiger partial charge in [-0.05, 0) is 24.3 Å². The highest BCUT2D eigenvalue weighted by Crippen LogP contribution is 2.32. The van der Waals surface area contributed by atoms with E-state index in [1.165, 1.54) is 25.0 Å². The van der Waals surface area contributed by atoms with Crippen molar-refractivity contribution in [3.63, 3.8) is 0 Å². The molecular weight excluding hydrogens is 254 g/mol. The van der Waals surface area contributed by atoms with Crippen molar-refractivity contribution in [3.05, 3.63) is 33.9 Å². The van der Waals surface area contributed by atoms with Crippen LogP contribution in [0.3, 0.4) is 0 Å². The van der Waals surface area contributed by atoms with Crippen LogP contribution in [0.25, 0.3) is 0 Å². The Bertz CT molecular complexity index is 551. The molecule has 0 bridgehead atoms. The molecule has 1 aliphatic rings. The van der Waals surface area contributed by atoms with Gasteiger partial charge in [-0.3, -0.25) is 10.1 Å². The predicted octanol–water partition coefficient (Wildman–Crippen LogP) is 3.70. The molecule has 5 heteroatoms. The van der Waals surface area contributed by atoms with Crippen LogP contribution in [0.5, 0.6) is 0 Å². The normalized spacial score (nSPS) is 25.8.